The van der Waals surface area contributed by atoms with Crippen molar-refractivity contribution in [1.82, 2.24) is 44.5 Å². The Bertz CT molecular complexity index is 1590. The molecule has 0 atom stereocenters. The van der Waals surface area contributed by atoms with Gasteiger partial charge in [0.25, 0.3) is 0 Å². The number of likely N-dealkylation sites (tertiary alicyclic amines) is 1. The second kappa shape index (κ2) is 11.0. The number of H-pyrrole nitrogens is 1. The first-order valence-electron chi connectivity index (χ1n) is 13.8. The number of aromatic nitrogens is 7. The number of hydrogen-bond acceptors (Lipinski definition) is 9. The minimum atomic E-state index is -4.65. The fraction of sp³-hybridized carbons (Fsp3) is 0.500. The normalized spacial score (nSPS) is 20.9. The predicted molar refractivity (Wildman–Crippen MR) is 146 cm³/mol. The Kier molecular flexibility index (Phi) is 7.32. The third kappa shape index (κ3) is 5.54. The number of fused-ring (bicyclic) bond motifs is 1. The van der Waals surface area contributed by atoms with Crippen molar-refractivity contribution in [2.75, 3.05) is 27.2 Å². The van der Waals surface area contributed by atoms with Crippen LogP contribution in [0.2, 0.25) is 0 Å². The highest BCUT2D eigenvalue weighted by Crippen LogP contribution is 2.39. The van der Waals surface area contributed by atoms with Gasteiger partial charge in [0.1, 0.15) is 23.6 Å². The van der Waals surface area contributed by atoms with E-state index in [4.69, 9.17) is 4.74 Å². The Labute approximate surface area is 240 Å². The summed E-state index contributed by atoms with van der Waals surface area (Å²) in [6, 6.07) is 6.06. The van der Waals surface area contributed by atoms with E-state index in [-0.39, 0.29) is 24.2 Å². The molecule has 4 aromatic rings. The SMILES string of the molecule is CN(C)Cc1cc(OC2CCC(N3CC(CC#N)(n4cc(-c5ncnc6[nH]ccc56)cn4)C3)CC2)nc(C(F)(F)F)n1. The van der Waals surface area contributed by atoms with Crippen molar-refractivity contribution < 1.29 is 17.9 Å². The summed E-state index contributed by atoms with van der Waals surface area (Å²) in [5, 5.41) is 15.2. The highest BCUT2D eigenvalue weighted by atomic mass is 19.4. The van der Waals surface area contributed by atoms with Gasteiger partial charge in [-0.25, -0.2) is 15.0 Å². The largest absolute Gasteiger partial charge is 0.474 e. The summed E-state index contributed by atoms with van der Waals surface area (Å²) >= 11 is 0. The molecule has 0 radical (unpaired) electrons. The number of aromatic amines is 1. The lowest BCUT2D eigenvalue weighted by Gasteiger charge is -2.53. The van der Waals surface area contributed by atoms with Gasteiger partial charge in [-0.2, -0.15) is 28.5 Å². The fourth-order valence-electron chi connectivity index (χ4n) is 6.02. The smallest absolute Gasteiger partial charge is 0.451 e. The highest BCUT2D eigenvalue weighted by molar-refractivity contribution is 5.90. The topological polar surface area (TPSA) is 125 Å². The van der Waals surface area contributed by atoms with Crippen molar-refractivity contribution in [1.29, 1.82) is 5.26 Å². The third-order valence-corrected chi connectivity index (χ3v) is 8.03. The van der Waals surface area contributed by atoms with E-state index in [0.717, 1.165) is 35.1 Å². The van der Waals surface area contributed by atoms with Gasteiger partial charge in [-0.05, 0) is 45.8 Å². The van der Waals surface area contributed by atoms with Gasteiger partial charge >= 0.3 is 6.18 Å². The van der Waals surface area contributed by atoms with Crippen molar-refractivity contribution in [3.05, 3.63) is 48.6 Å². The lowest BCUT2D eigenvalue weighted by atomic mass is 9.82. The summed E-state index contributed by atoms with van der Waals surface area (Å²) in [7, 11) is 3.53. The number of ether oxygens (including phenoxy) is 1. The third-order valence-electron chi connectivity index (χ3n) is 8.03. The molecule has 2 fully saturated rings. The molecule has 1 saturated heterocycles. The molecule has 11 nitrogen and oxygen atoms in total. The van der Waals surface area contributed by atoms with Crippen molar-refractivity contribution in [2.24, 2.45) is 0 Å². The van der Waals surface area contributed by atoms with Gasteiger partial charge in [0.05, 0.1) is 30.1 Å². The van der Waals surface area contributed by atoms with Crippen LogP contribution >= 0.6 is 0 Å². The quantitative estimate of drug-likeness (QED) is 0.329. The summed E-state index contributed by atoms with van der Waals surface area (Å²) in [4.78, 5) is 23.3. The standard InChI is InChI=1S/C28H31F3N10O/c1-39(2)14-19-11-23(38-26(37-19)28(29,30)31)42-21-5-3-20(4-6-21)40-15-27(16-40,8-9-32)41-13-18(12-36-41)24-22-7-10-33-25(22)35-17-34-24/h7,10-13,17,20-21H,3-6,8,14-16H2,1-2H3,(H,33,34,35). The summed E-state index contributed by atoms with van der Waals surface area (Å²) in [6.07, 6.45) is 5.62. The van der Waals surface area contributed by atoms with Crippen molar-refractivity contribution in [2.45, 2.75) is 62.5 Å². The van der Waals surface area contributed by atoms with Crippen LogP contribution in [0.25, 0.3) is 22.3 Å². The lowest BCUT2D eigenvalue weighted by molar-refractivity contribution is -0.145. The van der Waals surface area contributed by atoms with Gasteiger partial charge in [-0.3, -0.25) is 9.58 Å². The van der Waals surface area contributed by atoms with Crippen molar-refractivity contribution in [3.8, 4) is 23.2 Å². The Morgan fingerprint density at radius 2 is 1.95 bits per heavy atom. The maximum absolute atomic E-state index is 13.4. The van der Waals surface area contributed by atoms with E-state index < -0.39 is 17.5 Å². The molecule has 220 valence electrons. The molecule has 6 rings (SSSR count). The molecular formula is C28H31F3N10O. The van der Waals surface area contributed by atoms with Crippen molar-refractivity contribution in [3.63, 3.8) is 0 Å². The molecule has 4 aromatic heterocycles. The van der Waals surface area contributed by atoms with E-state index in [1.165, 1.54) is 12.4 Å². The second-order valence-electron chi connectivity index (χ2n) is 11.4. The Morgan fingerprint density at radius 1 is 1.17 bits per heavy atom. The zero-order chi connectivity index (χ0) is 29.5. The van der Waals surface area contributed by atoms with Crippen LogP contribution in [0.3, 0.4) is 0 Å². The number of rotatable bonds is 8. The van der Waals surface area contributed by atoms with Gasteiger partial charge in [0, 0.05) is 55.1 Å². The number of nitrogens with zero attached hydrogens (tertiary/aromatic N) is 9. The Balaban J connectivity index is 1.09. The van der Waals surface area contributed by atoms with Crippen LogP contribution in [-0.2, 0) is 18.3 Å². The number of nitrogens with one attached hydrogen (secondary N) is 1. The van der Waals surface area contributed by atoms with Crippen LogP contribution in [-0.4, -0.2) is 83.8 Å². The van der Waals surface area contributed by atoms with Crippen LogP contribution in [0.15, 0.2) is 37.1 Å². The first kappa shape index (κ1) is 28.0. The van der Waals surface area contributed by atoms with Gasteiger partial charge in [-0.1, -0.05) is 0 Å². The maximum atomic E-state index is 13.4. The summed E-state index contributed by atoms with van der Waals surface area (Å²) in [5.74, 6) is -1.22. The van der Waals surface area contributed by atoms with Gasteiger partial charge in [-0.15, -0.1) is 0 Å². The van der Waals surface area contributed by atoms with Crippen molar-refractivity contribution >= 4 is 11.0 Å². The molecule has 0 amide bonds. The first-order valence-corrected chi connectivity index (χ1v) is 13.8. The molecule has 2 aliphatic rings. The summed E-state index contributed by atoms with van der Waals surface area (Å²) in [6.45, 7) is 1.63. The van der Waals surface area contributed by atoms with Gasteiger partial charge in [0.2, 0.25) is 11.7 Å². The minimum Gasteiger partial charge on any atom is -0.474 e. The monoisotopic (exact) mass is 580 g/mol. The molecule has 0 aromatic carbocycles. The molecule has 1 saturated carbocycles. The Morgan fingerprint density at radius 3 is 2.67 bits per heavy atom. The Hall–Kier alpha value is -4.09. The summed E-state index contributed by atoms with van der Waals surface area (Å²) in [5.41, 5.74) is 2.24. The number of alkyl halides is 3. The molecule has 5 heterocycles. The lowest BCUT2D eigenvalue weighted by Crippen LogP contribution is -2.65. The van der Waals surface area contributed by atoms with E-state index in [0.29, 0.717) is 38.4 Å². The van der Waals surface area contributed by atoms with Crippen LogP contribution in [0, 0.1) is 11.3 Å². The molecular weight excluding hydrogens is 549 g/mol. The first-order chi connectivity index (χ1) is 20.1. The van der Waals surface area contributed by atoms with E-state index in [1.54, 1.807) is 25.2 Å². The molecule has 1 aliphatic carbocycles. The zero-order valence-corrected chi connectivity index (χ0v) is 23.3. The fourth-order valence-corrected chi connectivity index (χ4v) is 6.02. The molecule has 0 spiro atoms. The summed E-state index contributed by atoms with van der Waals surface area (Å²) < 4.78 is 48.0. The zero-order valence-electron chi connectivity index (χ0n) is 23.3. The second-order valence-corrected chi connectivity index (χ2v) is 11.4. The predicted octanol–water partition coefficient (Wildman–Crippen LogP) is 4.01. The molecule has 0 bridgehead atoms. The molecule has 14 heteroatoms. The van der Waals surface area contributed by atoms with Crippen LogP contribution in [0.4, 0.5) is 13.2 Å². The van der Waals surface area contributed by atoms with E-state index in [2.05, 4.69) is 41.0 Å². The number of nitriles is 1. The molecule has 42 heavy (non-hydrogen) atoms. The average Bonchev–Trinajstić information content (AvgIpc) is 3.60. The van der Waals surface area contributed by atoms with Crippen LogP contribution < -0.4 is 4.74 Å². The van der Waals surface area contributed by atoms with Crippen LogP contribution in [0.5, 0.6) is 5.88 Å². The van der Waals surface area contributed by atoms with Crippen LogP contribution in [0.1, 0.15) is 43.6 Å². The molecule has 0 unspecified atom stereocenters. The number of halogens is 3. The van der Waals surface area contributed by atoms with Gasteiger partial charge in [0.15, 0.2) is 0 Å². The minimum absolute atomic E-state index is 0.0373. The highest BCUT2D eigenvalue weighted by Gasteiger charge is 2.48. The van der Waals surface area contributed by atoms with E-state index in [9.17, 15) is 18.4 Å². The van der Waals surface area contributed by atoms with Gasteiger partial charge < -0.3 is 14.6 Å². The van der Waals surface area contributed by atoms with E-state index in [1.807, 2.05) is 23.1 Å². The maximum Gasteiger partial charge on any atom is 0.451 e. The average molecular weight is 581 g/mol. The van der Waals surface area contributed by atoms with E-state index >= 15 is 0 Å². The molecule has 1 N–H and O–H groups in total. The number of hydrogen-bond donors (Lipinski definition) is 1. The molecule has 1 aliphatic heterocycles.